The van der Waals surface area contributed by atoms with Crippen LogP contribution in [0, 0.1) is 0 Å². The van der Waals surface area contributed by atoms with E-state index in [9.17, 15) is 0 Å². The van der Waals surface area contributed by atoms with Crippen LogP contribution in [0.3, 0.4) is 0 Å². The maximum atomic E-state index is 5.64. The predicted octanol–water partition coefficient (Wildman–Crippen LogP) is 1.67. The van der Waals surface area contributed by atoms with E-state index in [4.69, 9.17) is 10.5 Å². The van der Waals surface area contributed by atoms with Crippen LogP contribution in [0.5, 0.6) is 11.8 Å². The quantitative estimate of drug-likeness (QED) is 0.825. The summed E-state index contributed by atoms with van der Waals surface area (Å²) in [5.74, 6) is 0.759. The van der Waals surface area contributed by atoms with Crippen LogP contribution >= 0.6 is 0 Å². The molecule has 0 radical (unpaired) electrons. The molecule has 0 unspecified atom stereocenters. The van der Waals surface area contributed by atoms with Gasteiger partial charge in [-0.2, -0.15) is 0 Å². The van der Waals surface area contributed by atoms with Gasteiger partial charge in [0, 0.05) is 31.5 Å². The van der Waals surface area contributed by atoms with Gasteiger partial charge < -0.3 is 15.0 Å². The summed E-state index contributed by atoms with van der Waals surface area (Å²) in [5.41, 5.74) is 6.58. The standard InChI is InChI=1S/C11H13N3O/c1-14-7-6-13-11(14)15-10-5-3-2-4-9(10)8-12/h2-7H,8,12H2,1H3. The first-order valence-electron chi connectivity index (χ1n) is 4.74. The predicted molar refractivity (Wildman–Crippen MR) is 57.6 cm³/mol. The van der Waals surface area contributed by atoms with Crippen molar-refractivity contribution in [1.29, 1.82) is 0 Å². The van der Waals surface area contributed by atoms with Gasteiger partial charge in [0.15, 0.2) is 0 Å². The second-order valence-electron chi connectivity index (χ2n) is 3.23. The number of imidazole rings is 1. The minimum atomic E-state index is 0.459. The van der Waals surface area contributed by atoms with E-state index in [0.29, 0.717) is 12.6 Å². The lowest BCUT2D eigenvalue weighted by Crippen LogP contribution is -2.01. The maximum absolute atomic E-state index is 5.64. The molecule has 1 aromatic heterocycles. The SMILES string of the molecule is Cn1ccnc1Oc1ccccc1CN. The molecule has 0 aliphatic rings. The second kappa shape index (κ2) is 4.14. The van der Waals surface area contributed by atoms with Gasteiger partial charge in [0.1, 0.15) is 5.75 Å². The molecule has 0 fully saturated rings. The molecule has 15 heavy (non-hydrogen) atoms. The summed E-state index contributed by atoms with van der Waals surface area (Å²) < 4.78 is 7.46. The molecule has 0 aliphatic heterocycles. The zero-order chi connectivity index (χ0) is 10.7. The number of rotatable bonds is 3. The molecule has 0 spiro atoms. The van der Waals surface area contributed by atoms with Gasteiger partial charge in [0.25, 0.3) is 0 Å². The van der Waals surface area contributed by atoms with E-state index >= 15 is 0 Å². The van der Waals surface area contributed by atoms with E-state index in [2.05, 4.69) is 4.98 Å². The maximum Gasteiger partial charge on any atom is 0.301 e. The highest BCUT2D eigenvalue weighted by atomic mass is 16.5. The number of aromatic nitrogens is 2. The Morgan fingerprint density at radius 2 is 2.20 bits per heavy atom. The van der Waals surface area contributed by atoms with Crippen molar-refractivity contribution >= 4 is 0 Å². The average molecular weight is 203 g/mol. The minimum Gasteiger partial charge on any atom is -0.425 e. The Bertz CT molecular complexity index is 451. The van der Waals surface area contributed by atoms with Gasteiger partial charge in [-0.05, 0) is 6.07 Å². The van der Waals surface area contributed by atoms with Crippen LogP contribution in [0.4, 0.5) is 0 Å². The molecule has 2 rings (SSSR count). The number of hydrogen-bond acceptors (Lipinski definition) is 3. The second-order valence-corrected chi connectivity index (χ2v) is 3.23. The highest BCUT2D eigenvalue weighted by Crippen LogP contribution is 2.22. The van der Waals surface area contributed by atoms with Crippen LogP contribution in [-0.4, -0.2) is 9.55 Å². The Kier molecular flexibility index (Phi) is 2.69. The highest BCUT2D eigenvalue weighted by molar-refractivity contribution is 5.34. The number of ether oxygens (including phenoxy) is 1. The monoisotopic (exact) mass is 203 g/mol. The first kappa shape index (κ1) is 9.73. The zero-order valence-electron chi connectivity index (χ0n) is 8.55. The molecule has 4 nitrogen and oxygen atoms in total. The summed E-state index contributed by atoms with van der Waals surface area (Å²) in [6, 6.07) is 8.25. The highest BCUT2D eigenvalue weighted by Gasteiger charge is 2.05. The molecule has 0 atom stereocenters. The fourth-order valence-corrected chi connectivity index (χ4v) is 1.32. The number of hydrogen-bond donors (Lipinski definition) is 1. The van der Waals surface area contributed by atoms with Gasteiger partial charge in [-0.3, -0.25) is 0 Å². The summed E-state index contributed by atoms with van der Waals surface area (Å²) in [6.07, 6.45) is 3.53. The molecule has 2 aromatic rings. The smallest absolute Gasteiger partial charge is 0.301 e. The summed E-state index contributed by atoms with van der Waals surface area (Å²) in [6.45, 7) is 0.459. The number of benzene rings is 1. The molecule has 0 aliphatic carbocycles. The minimum absolute atomic E-state index is 0.459. The van der Waals surface area contributed by atoms with Crippen molar-refractivity contribution in [3.8, 4) is 11.8 Å². The van der Waals surface area contributed by atoms with Crippen LogP contribution in [0.15, 0.2) is 36.7 Å². The average Bonchev–Trinajstić information content (AvgIpc) is 2.65. The molecular weight excluding hydrogens is 190 g/mol. The third-order valence-electron chi connectivity index (χ3n) is 2.17. The number of nitrogens with two attached hydrogens (primary N) is 1. The zero-order valence-corrected chi connectivity index (χ0v) is 8.55. The van der Waals surface area contributed by atoms with Crippen molar-refractivity contribution in [2.24, 2.45) is 12.8 Å². The number of nitrogens with zero attached hydrogens (tertiary/aromatic N) is 2. The summed E-state index contributed by atoms with van der Waals surface area (Å²) in [5, 5.41) is 0. The van der Waals surface area contributed by atoms with E-state index in [-0.39, 0.29) is 0 Å². The van der Waals surface area contributed by atoms with Gasteiger partial charge in [-0.25, -0.2) is 4.98 Å². The number of para-hydroxylation sites is 1. The first-order valence-corrected chi connectivity index (χ1v) is 4.74. The molecule has 78 valence electrons. The molecule has 0 bridgehead atoms. The van der Waals surface area contributed by atoms with E-state index in [1.807, 2.05) is 42.1 Å². The van der Waals surface area contributed by atoms with Crippen molar-refractivity contribution in [1.82, 2.24) is 9.55 Å². The van der Waals surface area contributed by atoms with Crippen LogP contribution in [0.1, 0.15) is 5.56 Å². The van der Waals surface area contributed by atoms with E-state index < -0.39 is 0 Å². The van der Waals surface area contributed by atoms with Crippen LogP contribution in [0.2, 0.25) is 0 Å². The topological polar surface area (TPSA) is 53.1 Å². The molecule has 1 aromatic carbocycles. The van der Waals surface area contributed by atoms with E-state index in [1.165, 1.54) is 0 Å². The van der Waals surface area contributed by atoms with Gasteiger partial charge in [-0.15, -0.1) is 0 Å². The van der Waals surface area contributed by atoms with Crippen molar-refractivity contribution in [3.05, 3.63) is 42.2 Å². The third-order valence-corrected chi connectivity index (χ3v) is 2.17. The Morgan fingerprint density at radius 3 is 2.87 bits per heavy atom. The van der Waals surface area contributed by atoms with Crippen molar-refractivity contribution in [3.63, 3.8) is 0 Å². The Morgan fingerprint density at radius 1 is 1.40 bits per heavy atom. The lowest BCUT2D eigenvalue weighted by Gasteiger charge is -2.08. The fraction of sp³-hybridized carbons (Fsp3) is 0.182. The van der Waals surface area contributed by atoms with Crippen molar-refractivity contribution in [2.45, 2.75) is 6.54 Å². The van der Waals surface area contributed by atoms with Crippen LogP contribution in [0.25, 0.3) is 0 Å². The fourth-order valence-electron chi connectivity index (χ4n) is 1.32. The summed E-state index contributed by atoms with van der Waals surface area (Å²) in [4.78, 5) is 4.09. The molecule has 0 saturated heterocycles. The van der Waals surface area contributed by atoms with Crippen molar-refractivity contribution in [2.75, 3.05) is 0 Å². The van der Waals surface area contributed by atoms with Gasteiger partial charge in [0.2, 0.25) is 0 Å². The van der Waals surface area contributed by atoms with Crippen LogP contribution < -0.4 is 10.5 Å². The van der Waals surface area contributed by atoms with Crippen LogP contribution in [-0.2, 0) is 13.6 Å². The summed E-state index contributed by atoms with van der Waals surface area (Å²) in [7, 11) is 1.88. The lowest BCUT2D eigenvalue weighted by atomic mass is 10.2. The normalized spacial score (nSPS) is 10.3. The van der Waals surface area contributed by atoms with Gasteiger partial charge >= 0.3 is 6.01 Å². The lowest BCUT2D eigenvalue weighted by molar-refractivity contribution is 0.420. The molecule has 0 amide bonds. The Balaban J connectivity index is 2.28. The molecule has 4 heteroatoms. The largest absolute Gasteiger partial charge is 0.425 e. The van der Waals surface area contributed by atoms with Gasteiger partial charge in [0.05, 0.1) is 0 Å². The Labute approximate surface area is 88.3 Å². The first-order chi connectivity index (χ1) is 7.31. The molecule has 2 N–H and O–H groups in total. The summed E-state index contributed by atoms with van der Waals surface area (Å²) >= 11 is 0. The van der Waals surface area contributed by atoms with Gasteiger partial charge in [-0.1, -0.05) is 18.2 Å². The van der Waals surface area contributed by atoms with Crippen molar-refractivity contribution < 1.29 is 4.74 Å². The Hall–Kier alpha value is -1.81. The molecular formula is C11H13N3O. The molecule has 0 saturated carbocycles. The van der Waals surface area contributed by atoms with E-state index in [0.717, 1.165) is 11.3 Å². The third kappa shape index (κ3) is 1.99. The number of aryl methyl sites for hydroxylation is 1. The molecule has 1 heterocycles. The van der Waals surface area contributed by atoms with E-state index in [1.54, 1.807) is 6.20 Å².